The number of nitrogen functional groups attached to an aromatic ring is 1. The third-order valence-corrected chi connectivity index (χ3v) is 3.10. The summed E-state index contributed by atoms with van der Waals surface area (Å²) in [5, 5.41) is 0. The first kappa shape index (κ1) is 7.86. The first-order chi connectivity index (χ1) is 5.77. The lowest BCUT2D eigenvalue weighted by Crippen LogP contribution is -2.08. The van der Waals surface area contributed by atoms with Crippen LogP contribution in [-0.2, 0) is 6.42 Å². The highest BCUT2D eigenvalue weighted by Gasteiger charge is 2.15. The van der Waals surface area contributed by atoms with E-state index in [1.807, 2.05) is 6.92 Å². The van der Waals surface area contributed by atoms with E-state index in [1.54, 1.807) is 11.8 Å². The molecule has 0 unspecified atom stereocenters. The lowest BCUT2D eigenvalue weighted by molar-refractivity contribution is 0.816. The van der Waals surface area contributed by atoms with Gasteiger partial charge in [-0.3, -0.25) is 0 Å². The van der Waals surface area contributed by atoms with Gasteiger partial charge in [0.2, 0.25) is 0 Å². The van der Waals surface area contributed by atoms with Crippen LogP contribution in [0, 0.1) is 6.92 Å². The normalized spacial score (nSPS) is 15.8. The van der Waals surface area contributed by atoms with Crippen molar-refractivity contribution in [1.29, 1.82) is 0 Å². The van der Waals surface area contributed by atoms with E-state index in [1.165, 1.54) is 6.42 Å². The Kier molecular flexibility index (Phi) is 1.92. The third-order valence-electron chi connectivity index (χ3n) is 1.88. The number of fused-ring (bicyclic) bond motifs is 1. The molecule has 1 aliphatic heterocycles. The van der Waals surface area contributed by atoms with E-state index in [-0.39, 0.29) is 0 Å². The van der Waals surface area contributed by atoms with E-state index >= 15 is 0 Å². The molecule has 64 valence electrons. The monoisotopic (exact) mass is 181 g/mol. The second-order valence-corrected chi connectivity index (χ2v) is 3.99. The third kappa shape index (κ3) is 1.27. The van der Waals surface area contributed by atoms with Gasteiger partial charge in [0.15, 0.2) is 0 Å². The van der Waals surface area contributed by atoms with Crippen molar-refractivity contribution in [3.63, 3.8) is 0 Å². The van der Waals surface area contributed by atoms with Gasteiger partial charge in [0, 0.05) is 0 Å². The topological polar surface area (TPSA) is 51.8 Å². The van der Waals surface area contributed by atoms with Crippen LogP contribution in [-0.4, -0.2) is 15.7 Å². The molecule has 4 heteroatoms. The summed E-state index contributed by atoms with van der Waals surface area (Å²) in [5.41, 5.74) is 6.91. The summed E-state index contributed by atoms with van der Waals surface area (Å²) in [6.45, 7) is 1.88. The number of hydrogen-bond donors (Lipinski definition) is 1. The zero-order valence-electron chi connectivity index (χ0n) is 7.00. The van der Waals surface area contributed by atoms with Crippen molar-refractivity contribution in [3.8, 4) is 0 Å². The molecule has 0 aromatic carbocycles. The van der Waals surface area contributed by atoms with Crippen LogP contribution in [0.3, 0.4) is 0 Å². The molecule has 2 N–H and O–H groups in total. The van der Waals surface area contributed by atoms with Crippen molar-refractivity contribution in [2.24, 2.45) is 0 Å². The fourth-order valence-electron chi connectivity index (χ4n) is 1.38. The minimum atomic E-state index is 0.655. The van der Waals surface area contributed by atoms with Gasteiger partial charge in [-0.15, -0.1) is 11.8 Å². The summed E-state index contributed by atoms with van der Waals surface area (Å²) in [4.78, 5) is 9.60. The number of nitrogens with two attached hydrogens (primary N) is 1. The molecule has 0 saturated heterocycles. The molecular weight excluding hydrogens is 170 g/mol. The Hall–Kier alpha value is -0.770. The molecule has 0 spiro atoms. The summed E-state index contributed by atoms with van der Waals surface area (Å²) < 4.78 is 0. The Bertz CT molecular complexity index is 311. The summed E-state index contributed by atoms with van der Waals surface area (Å²) in [6.07, 6.45) is 2.25. The molecule has 2 heterocycles. The van der Waals surface area contributed by atoms with Crippen molar-refractivity contribution in [2.45, 2.75) is 24.7 Å². The lowest BCUT2D eigenvalue weighted by atomic mass is 10.2. The molecular formula is C8H11N3S. The number of aromatic nitrogens is 2. The van der Waals surface area contributed by atoms with Gasteiger partial charge in [0.25, 0.3) is 0 Å². The van der Waals surface area contributed by atoms with Crippen molar-refractivity contribution >= 4 is 17.6 Å². The van der Waals surface area contributed by atoms with Crippen molar-refractivity contribution < 1.29 is 0 Å². The van der Waals surface area contributed by atoms with Crippen LogP contribution in [0.2, 0.25) is 0 Å². The predicted octanol–water partition coefficient (Wildman–Crippen LogP) is 1.41. The Balaban J connectivity index is 2.53. The Morgan fingerprint density at radius 3 is 3.08 bits per heavy atom. The van der Waals surface area contributed by atoms with E-state index in [0.717, 1.165) is 28.6 Å². The number of rotatable bonds is 0. The van der Waals surface area contributed by atoms with E-state index < -0.39 is 0 Å². The number of aryl methyl sites for hydroxylation is 2. The Labute approximate surface area is 75.8 Å². The molecule has 1 aromatic rings. The number of hydrogen-bond acceptors (Lipinski definition) is 4. The maximum absolute atomic E-state index is 5.77. The SMILES string of the molecule is Cc1nc(N)c2c(n1)CCCS2. The molecule has 0 amide bonds. The van der Waals surface area contributed by atoms with Crippen molar-refractivity contribution in [1.82, 2.24) is 9.97 Å². The average Bonchev–Trinajstić information content (AvgIpc) is 2.04. The van der Waals surface area contributed by atoms with E-state index in [9.17, 15) is 0 Å². The molecule has 2 rings (SSSR count). The highest BCUT2D eigenvalue weighted by molar-refractivity contribution is 7.99. The van der Waals surface area contributed by atoms with E-state index in [2.05, 4.69) is 9.97 Å². The molecule has 12 heavy (non-hydrogen) atoms. The molecule has 1 aromatic heterocycles. The van der Waals surface area contributed by atoms with Gasteiger partial charge in [-0.2, -0.15) is 0 Å². The summed E-state index contributed by atoms with van der Waals surface area (Å²) in [7, 11) is 0. The second kappa shape index (κ2) is 2.94. The van der Waals surface area contributed by atoms with Crippen molar-refractivity contribution in [2.75, 3.05) is 11.5 Å². The Morgan fingerprint density at radius 2 is 2.25 bits per heavy atom. The molecule has 0 atom stereocenters. The molecule has 3 nitrogen and oxygen atoms in total. The van der Waals surface area contributed by atoms with Gasteiger partial charge in [-0.05, 0) is 25.5 Å². The molecule has 0 bridgehead atoms. The van der Waals surface area contributed by atoms with Gasteiger partial charge in [0.1, 0.15) is 11.6 Å². The van der Waals surface area contributed by atoms with Crippen molar-refractivity contribution in [3.05, 3.63) is 11.5 Å². The number of thioether (sulfide) groups is 1. The van der Waals surface area contributed by atoms with E-state index in [4.69, 9.17) is 5.73 Å². The zero-order chi connectivity index (χ0) is 8.55. The van der Waals surface area contributed by atoms with Crippen LogP contribution in [0.5, 0.6) is 0 Å². The van der Waals surface area contributed by atoms with Crippen LogP contribution in [0.25, 0.3) is 0 Å². The predicted molar refractivity (Wildman–Crippen MR) is 50.2 cm³/mol. The maximum atomic E-state index is 5.77. The van der Waals surface area contributed by atoms with E-state index in [0.29, 0.717) is 5.82 Å². The first-order valence-electron chi connectivity index (χ1n) is 4.03. The van der Waals surface area contributed by atoms with Gasteiger partial charge < -0.3 is 5.73 Å². The van der Waals surface area contributed by atoms with Crippen LogP contribution in [0.1, 0.15) is 17.9 Å². The van der Waals surface area contributed by atoms with Gasteiger partial charge in [-0.25, -0.2) is 9.97 Å². The summed E-state index contributed by atoms with van der Waals surface area (Å²) >= 11 is 1.77. The maximum Gasteiger partial charge on any atom is 0.141 e. The minimum Gasteiger partial charge on any atom is -0.383 e. The fourth-order valence-corrected chi connectivity index (χ4v) is 2.39. The van der Waals surface area contributed by atoms with Crippen LogP contribution >= 0.6 is 11.8 Å². The smallest absolute Gasteiger partial charge is 0.141 e. The quantitative estimate of drug-likeness (QED) is 0.657. The number of anilines is 1. The lowest BCUT2D eigenvalue weighted by Gasteiger charge is -2.15. The summed E-state index contributed by atoms with van der Waals surface area (Å²) in [6, 6.07) is 0. The summed E-state index contributed by atoms with van der Waals surface area (Å²) in [5.74, 6) is 2.58. The van der Waals surface area contributed by atoms with Gasteiger partial charge in [0.05, 0.1) is 10.6 Å². The molecule has 0 aliphatic carbocycles. The minimum absolute atomic E-state index is 0.655. The van der Waals surface area contributed by atoms with Crippen LogP contribution < -0.4 is 5.73 Å². The fraction of sp³-hybridized carbons (Fsp3) is 0.500. The zero-order valence-corrected chi connectivity index (χ0v) is 7.82. The van der Waals surface area contributed by atoms with Gasteiger partial charge in [-0.1, -0.05) is 0 Å². The molecule has 1 aliphatic rings. The van der Waals surface area contributed by atoms with Crippen LogP contribution in [0.4, 0.5) is 5.82 Å². The van der Waals surface area contributed by atoms with Gasteiger partial charge >= 0.3 is 0 Å². The average molecular weight is 181 g/mol. The number of nitrogens with zero attached hydrogens (tertiary/aromatic N) is 2. The highest BCUT2D eigenvalue weighted by Crippen LogP contribution is 2.32. The molecule has 0 radical (unpaired) electrons. The standard InChI is InChI=1S/C8H11N3S/c1-5-10-6-3-2-4-12-7(6)8(9)11-5/h2-4H2,1H3,(H2,9,10,11). The largest absolute Gasteiger partial charge is 0.383 e. The highest BCUT2D eigenvalue weighted by atomic mass is 32.2. The second-order valence-electron chi connectivity index (χ2n) is 2.88. The molecule has 0 fully saturated rings. The molecule has 0 saturated carbocycles. The Morgan fingerprint density at radius 1 is 1.42 bits per heavy atom. The van der Waals surface area contributed by atoms with Crippen LogP contribution in [0.15, 0.2) is 4.90 Å². The first-order valence-corrected chi connectivity index (χ1v) is 5.02.